The first kappa shape index (κ1) is 28.6. The molecule has 220 valence electrons. The molecule has 0 radical (unpaired) electrons. The van der Waals surface area contributed by atoms with Crippen LogP contribution in [0.1, 0.15) is 87.5 Å². The third-order valence-corrected chi connectivity index (χ3v) is 10.6. The van der Waals surface area contributed by atoms with E-state index < -0.39 is 0 Å². The van der Waals surface area contributed by atoms with Gasteiger partial charge in [-0.2, -0.15) is 0 Å². The van der Waals surface area contributed by atoms with E-state index in [0.717, 1.165) is 25.7 Å². The number of aryl methyl sites for hydroxylation is 2. The highest BCUT2D eigenvalue weighted by Gasteiger charge is 2.26. The average Bonchev–Trinajstić information content (AvgIpc) is 3.36. The molecular weight excluding hydrogens is 528 g/mol. The van der Waals surface area contributed by atoms with Gasteiger partial charge >= 0.3 is 0 Å². The molecule has 0 heteroatoms. The molecule has 44 heavy (non-hydrogen) atoms. The number of hydrogen-bond acceptors (Lipinski definition) is 0. The summed E-state index contributed by atoms with van der Waals surface area (Å²) < 4.78 is 0. The Labute approximate surface area is 263 Å². The quantitative estimate of drug-likeness (QED) is 0.170. The van der Waals surface area contributed by atoms with Gasteiger partial charge in [-0.3, -0.25) is 0 Å². The molecule has 1 aliphatic rings. The number of hydrogen-bond donors (Lipinski definition) is 0. The van der Waals surface area contributed by atoms with Gasteiger partial charge < -0.3 is 0 Å². The van der Waals surface area contributed by atoms with Crippen LogP contribution < -0.4 is 0 Å². The Morgan fingerprint density at radius 3 is 1.25 bits per heavy atom. The van der Waals surface area contributed by atoms with Gasteiger partial charge in [-0.25, -0.2) is 0 Å². The van der Waals surface area contributed by atoms with E-state index in [1.165, 1.54) is 88.3 Å². The predicted octanol–water partition coefficient (Wildman–Crippen LogP) is 13.4. The minimum absolute atomic E-state index is 0.546. The molecule has 0 unspecified atom stereocenters. The lowest BCUT2D eigenvalue weighted by Gasteiger charge is -2.24. The topological polar surface area (TPSA) is 0 Å². The lowest BCUT2D eigenvalue weighted by molar-refractivity contribution is 0.643. The second kappa shape index (κ2) is 11.4. The van der Waals surface area contributed by atoms with Crippen molar-refractivity contribution in [3.8, 4) is 44.5 Å². The highest BCUT2D eigenvalue weighted by molar-refractivity contribution is 6.20. The van der Waals surface area contributed by atoms with E-state index in [-0.39, 0.29) is 0 Å². The molecule has 0 saturated carbocycles. The summed E-state index contributed by atoms with van der Waals surface area (Å²) in [7, 11) is 0. The molecule has 0 amide bonds. The SMILES string of the molecule is CCC(CC)c1cccc(C)c1-c1ccc(-c2c(C)cccc2C(CC)CC)c2cc3c(cc12)-c1cccc2cccc-3c12. The summed E-state index contributed by atoms with van der Waals surface area (Å²) in [6, 6.07) is 37.5. The summed E-state index contributed by atoms with van der Waals surface area (Å²) >= 11 is 0. The van der Waals surface area contributed by atoms with Crippen molar-refractivity contribution in [3.63, 3.8) is 0 Å². The van der Waals surface area contributed by atoms with Crippen molar-refractivity contribution in [2.45, 2.75) is 79.1 Å². The molecule has 7 rings (SSSR count). The summed E-state index contributed by atoms with van der Waals surface area (Å²) in [5.74, 6) is 1.09. The van der Waals surface area contributed by atoms with Crippen LogP contribution in [0.2, 0.25) is 0 Å². The first-order valence-electron chi connectivity index (χ1n) is 16.8. The Balaban J connectivity index is 1.62. The summed E-state index contributed by atoms with van der Waals surface area (Å²) in [6.45, 7) is 14.0. The molecule has 0 nitrogen and oxygen atoms in total. The number of fused-ring (bicyclic) bond motifs is 4. The first-order valence-corrected chi connectivity index (χ1v) is 16.8. The van der Waals surface area contributed by atoms with E-state index in [1.807, 2.05) is 0 Å². The second-order valence-corrected chi connectivity index (χ2v) is 12.9. The highest BCUT2D eigenvalue weighted by atomic mass is 14.3. The van der Waals surface area contributed by atoms with Crippen molar-refractivity contribution >= 4 is 21.5 Å². The average molecular weight is 573 g/mol. The third-order valence-electron chi connectivity index (χ3n) is 10.6. The third kappa shape index (κ3) is 4.34. The van der Waals surface area contributed by atoms with Crippen molar-refractivity contribution in [2.24, 2.45) is 0 Å². The monoisotopic (exact) mass is 572 g/mol. The van der Waals surface area contributed by atoms with E-state index in [4.69, 9.17) is 0 Å². The largest absolute Gasteiger partial charge is 0.0648 e. The maximum atomic E-state index is 2.54. The van der Waals surface area contributed by atoms with E-state index >= 15 is 0 Å². The van der Waals surface area contributed by atoms with E-state index in [2.05, 4.69) is 139 Å². The second-order valence-electron chi connectivity index (χ2n) is 12.9. The molecule has 0 aliphatic heterocycles. The maximum absolute atomic E-state index is 2.54. The summed E-state index contributed by atoms with van der Waals surface area (Å²) in [5, 5.41) is 5.45. The molecule has 0 atom stereocenters. The van der Waals surface area contributed by atoms with Gasteiger partial charge in [0.15, 0.2) is 0 Å². The van der Waals surface area contributed by atoms with E-state index in [0.29, 0.717) is 11.8 Å². The Kier molecular flexibility index (Phi) is 7.41. The Bertz CT molecular complexity index is 1890. The van der Waals surface area contributed by atoms with Crippen LogP contribution in [0.15, 0.2) is 97.1 Å². The highest BCUT2D eigenvalue weighted by Crippen LogP contribution is 2.52. The number of rotatable bonds is 8. The predicted molar refractivity (Wildman–Crippen MR) is 193 cm³/mol. The summed E-state index contributed by atoms with van der Waals surface area (Å²) in [6.07, 6.45) is 4.60. The van der Waals surface area contributed by atoms with Crippen LogP contribution in [0.25, 0.3) is 66.1 Å². The van der Waals surface area contributed by atoms with Gasteiger partial charge in [0.25, 0.3) is 0 Å². The van der Waals surface area contributed by atoms with E-state index in [9.17, 15) is 0 Å². The molecule has 0 spiro atoms. The Hall–Kier alpha value is -4.16. The standard InChI is InChI=1S/C44H44/c1-7-29(8-2)32-19-11-15-27(5)42(32)36-23-24-37(43-28(6)16-12-20-33(43)30(9-3)10-4)41-26-39-35-22-14-18-31-17-13-21-34(44(31)35)38(39)25-40(36)41/h11-26,29-30H,7-10H2,1-6H3. The summed E-state index contributed by atoms with van der Waals surface area (Å²) in [5.41, 5.74) is 16.8. The zero-order valence-corrected chi connectivity index (χ0v) is 27.2. The van der Waals surface area contributed by atoms with Crippen LogP contribution in [-0.2, 0) is 0 Å². The van der Waals surface area contributed by atoms with Crippen molar-refractivity contribution in [2.75, 3.05) is 0 Å². The van der Waals surface area contributed by atoms with Gasteiger partial charge in [-0.05, 0) is 152 Å². The van der Waals surface area contributed by atoms with Gasteiger partial charge in [0.1, 0.15) is 0 Å². The van der Waals surface area contributed by atoms with Crippen molar-refractivity contribution in [1.82, 2.24) is 0 Å². The zero-order chi connectivity index (χ0) is 30.5. The smallest absolute Gasteiger partial charge is 0.00264 e. The Morgan fingerprint density at radius 1 is 0.432 bits per heavy atom. The minimum Gasteiger partial charge on any atom is -0.0648 e. The summed E-state index contributed by atoms with van der Waals surface area (Å²) in [4.78, 5) is 0. The van der Waals surface area contributed by atoms with Crippen LogP contribution >= 0.6 is 0 Å². The van der Waals surface area contributed by atoms with Gasteiger partial charge in [-0.1, -0.05) is 113 Å². The van der Waals surface area contributed by atoms with Crippen molar-refractivity contribution in [3.05, 3.63) is 119 Å². The van der Waals surface area contributed by atoms with Crippen LogP contribution in [-0.4, -0.2) is 0 Å². The fraction of sp³-hybridized carbons (Fsp3) is 0.273. The molecule has 0 saturated heterocycles. The lowest BCUT2D eigenvalue weighted by Crippen LogP contribution is -2.02. The molecule has 0 fully saturated rings. The van der Waals surface area contributed by atoms with Crippen LogP contribution in [0.4, 0.5) is 0 Å². The molecule has 0 aromatic heterocycles. The van der Waals surface area contributed by atoms with Crippen LogP contribution in [0.5, 0.6) is 0 Å². The lowest BCUT2D eigenvalue weighted by atomic mass is 9.80. The Morgan fingerprint density at radius 2 is 0.841 bits per heavy atom. The molecule has 0 N–H and O–H groups in total. The zero-order valence-electron chi connectivity index (χ0n) is 27.2. The van der Waals surface area contributed by atoms with E-state index in [1.54, 1.807) is 0 Å². The fourth-order valence-electron chi connectivity index (χ4n) is 8.32. The van der Waals surface area contributed by atoms with Crippen LogP contribution in [0.3, 0.4) is 0 Å². The molecule has 6 aromatic rings. The van der Waals surface area contributed by atoms with Crippen molar-refractivity contribution in [1.29, 1.82) is 0 Å². The first-order chi connectivity index (χ1) is 21.5. The molecular formula is C44H44. The van der Waals surface area contributed by atoms with Gasteiger partial charge in [0.05, 0.1) is 0 Å². The number of benzene rings is 6. The van der Waals surface area contributed by atoms with Gasteiger partial charge in [-0.15, -0.1) is 0 Å². The van der Waals surface area contributed by atoms with Crippen LogP contribution in [0, 0.1) is 13.8 Å². The van der Waals surface area contributed by atoms with Gasteiger partial charge in [0.2, 0.25) is 0 Å². The molecule has 1 aliphatic carbocycles. The van der Waals surface area contributed by atoms with Crippen molar-refractivity contribution < 1.29 is 0 Å². The molecule has 0 bridgehead atoms. The molecule has 0 heterocycles. The molecule has 6 aromatic carbocycles. The fourth-order valence-corrected chi connectivity index (χ4v) is 8.32. The minimum atomic E-state index is 0.546. The maximum Gasteiger partial charge on any atom is -0.00264 e. The normalized spacial score (nSPS) is 12.2. The van der Waals surface area contributed by atoms with Gasteiger partial charge in [0, 0.05) is 0 Å².